The van der Waals surface area contributed by atoms with E-state index in [1.165, 1.54) is 5.56 Å². The van der Waals surface area contributed by atoms with Crippen molar-refractivity contribution < 1.29 is 14.3 Å². The van der Waals surface area contributed by atoms with Crippen molar-refractivity contribution >= 4 is 22.6 Å². The number of fused-ring (bicyclic) bond motifs is 2. The number of hydrogen-bond donors (Lipinski definition) is 1. The molecule has 4 rings (SSSR count). The quantitative estimate of drug-likeness (QED) is 0.697. The number of rotatable bonds is 4. The van der Waals surface area contributed by atoms with Gasteiger partial charge in [-0.05, 0) is 23.6 Å². The van der Waals surface area contributed by atoms with Crippen LogP contribution in [-0.4, -0.2) is 40.1 Å². The average Bonchev–Trinajstić information content (AvgIpc) is 2.74. The number of esters is 1. The Morgan fingerprint density at radius 2 is 1.75 bits per heavy atom. The smallest absolute Gasteiger partial charge is 0.312 e. The van der Waals surface area contributed by atoms with Crippen LogP contribution in [0.5, 0.6) is 0 Å². The van der Waals surface area contributed by atoms with Crippen LogP contribution in [0.15, 0.2) is 53.3 Å². The first kappa shape index (κ1) is 17.9. The van der Waals surface area contributed by atoms with Crippen molar-refractivity contribution in [2.45, 2.75) is 19.4 Å². The Morgan fingerprint density at radius 1 is 1.04 bits per heavy atom. The van der Waals surface area contributed by atoms with Gasteiger partial charge in [-0.15, -0.1) is 0 Å². The first-order valence-electron chi connectivity index (χ1n) is 9.08. The maximum Gasteiger partial charge on any atom is 0.312 e. The molecule has 3 aromatic rings. The molecule has 0 saturated heterocycles. The molecule has 2 heterocycles. The lowest BCUT2D eigenvalue weighted by Crippen LogP contribution is -2.38. The van der Waals surface area contributed by atoms with Gasteiger partial charge < -0.3 is 9.64 Å². The highest BCUT2D eigenvalue weighted by Crippen LogP contribution is 2.18. The van der Waals surface area contributed by atoms with E-state index >= 15 is 0 Å². The highest BCUT2D eigenvalue weighted by Gasteiger charge is 2.21. The molecule has 28 heavy (non-hydrogen) atoms. The van der Waals surface area contributed by atoms with Gasteiger partial charge >= 0.3 is 5.97 Å². The molecule has 0 saturated carbocycles. The normalized spacial score (nSPS) is 13.2. The third-order valence-electron chi connectivity index (χ3n) is 4.93. The molecule has 0 spiro atoms. The monoisotopic (exact) mass is 377 g/mol. The van der Waals surface area contributed by atoms with Crippen LogP contribution in [0.1, 0.15) is 16.8 Å². The van der Waals surface area contributed by atoms with Gasteiger partial charge in [0.15, 0.2) is 6.61 Å². The Labute approximate surface area is 160 Å². The Bertz CT molecular complexity index is 1110. The van der Waals surface area contributed by atoms with Crippen molar-refractivity contribution in [1.29, 1.82) is 0 Å². The Morgan fingerprint density at radius 3 is 2.57 bits per heavy atom. The minimum Gasteiger partial charge on any atom is -0.455 e. The number of nitrogens with one attached hydrogen (secondary N) is 1. The number of nitrogens with zero attached hydrogens (tertiary/aromatic N) is 2. The van der Waals surface area contributed by atoms with Crippen LogP contribution in [0.2, 0.25) is 0 Å². The zero-order valence-corrected chi connectivity index (χ0v) is 15.2. The highest BCUT2D eigenvalue weighted by molar-refractivity contribution is 5.87. The number of H-pyrrole nitrogens is 1. The summed E-state index contributed by atoms with van der Waals surface area (Å²) in [5.41, 5.74) is 2.48. The molecule has 142 valence electrons. The summed E-state index contributed by atoms with van der Waals surface area (Å²) in [6, 6.07) is 14.9. The molecule has 2 aromatic carbocycles. The molecule has 1 aliphatic rings. The van der Waals surface area contributed by atoms with E-state index < -0.39 is 5.97 Å². The molecule has 0 fully saturated rings. The first-order valence-corrected chi connectivity index (χ1v) is 9.08. The molecule has 1 aromatic heterocycles. The van der Waals surface area contributed by atoms with E-state index in [9.17, 15) is 14.4 Å². The number of aromatic nitrogens is 2. The number of carbonyl (C=O) groups excluding carboxylic acids is 2. The topological polar surface area (TPSA) is 92.4 Å². The maximum absolute atomic E-state index is 12.4. The average molecular weight is 377 g/mol. The fourth-order valence-electron chi connectivity index (χ4n) is 3.44. The van der Waals surface area contributed by atoms with E-state index in [0.29, 0.717) is 29.6 Å². The Kier molecular flexibility index (Phi) is 4.89. The predicted molar refractivity (Wildman–Crippen MR) is 103 cm³/mol. The summed E-state index contributed by atoms with van der Waals surface area (Å²) in [4.78, 5) is 38.1. The van der Waals surface area contributed by atoms with Crippen molar-refractivity contribution in [2.75, 3.05) is 13.2 Å². The molecule has 0 aliphatic carbocycles. The van der Waals surface area contributed by atoms with Gasteiger partial charge in [-0.2, -0.15) is 5.10 Å². The van der Waals surface area contributed by atoms with Crippen LogP contribution in [-0.2, 0) is 33.7 Å². The molecule has 0 unspecified atom stereocenters. The molecule has 0 radical (unpaired) electrons. The highest BCUT2D eigenvalue weighted by atomic mass is 16.5. The van der Waals surface area contributed by atoms with E-state index in [1.807, 2.05) is 18.2 Å². The van der Waals surface area contributed by atoms with Gasteiger partial charge in [0, 0.05) is 18.5 Å². The summed E-state index contributed by atoms with van der Waals surface area (Å²) in [7, 11) is 0. The molecular weight excluding hydrogens is 358 g/mol. The lowest BCUT2D eigenvalue weighted by Gasteiger charge is -2.28. The van der Waals surface area contributed by atoms with Gasteiger partial charge in [0.1, 0.15) is 0 Å². The Hall–Kier alpha value is -3.48. The van der Waals surface area contributed by atoms with Gasteiger partial charge in [0.2, 0.25) is 0 Å². The molecule has 7 heteroatoms. The van der Waals surface area contributed by atoms with E-state index in [0.717, 1.165) is 12.0 Å². The summed E-state index contributed by atoms with van der Waals surface area (Å²) in [5, 5.41) is 7.40. The number of carbonyl (C=O) groups is 2. The van der Waals surface area contributed by atoms with Gasteiger partial charge in [-0.25, -0.2) is 5.10 Å². The molecule has 1 aliphatic heterocycles. The minimum atomic E-state index is -0.560. The van der Waals surface area contributed by atoms with E-state index in [-0.39, 0.29) is 24.5 Å². The molecule has 1 amide bonds. The third-order valence-corrected chi connectivity index (χ3v) is 4.93. The lowest BCUT2D eigenvalue weighted by atomic mass is 10.00. The van der Waals surface area contributed by atoms with Crippen LogP contribution in [0.3, 0.4) is 0 Å². The second kappa shape index (κ2) is 7.64. The van der Waals surface area contributed by atoms with E-state index in [4.69, 9.17) is 4.74 Å². The number of amides is 1. The number of aromatic amines is 1. The number of benzene rings is 2. The molecule has 0 bridgehead atoms. The van der Waals surface area contributed by atoms with Gasteiger partial charge in [0.25, 0.3) is 11.5 Å². The molecule has 7 nitrogen and oxygen atoms in total. The van der Waals surface area contributed by atoms with Crippen molar-refractivity contribution in [3.63, 3.8) is 0 Å². The zero-order chi connectivity index (χ0) is 19.5. The summed E-state index contributed by atoms with van der Waals surface area (Å²) in [5.74, 6) is -0.780. The molecule has 1 N–H and O–H groups in total. The van der Waals surface area contributed by atoms with Crippen LogP contribution < -0.4 is 5.56 Å². The van der Waals surface area contributed by atoms with Crippen LogP contribution in [0.4, 0.5) is 0 Å². The SMILES string of the molecule is O=C(Cc1n[nH]c(=O)c2ccccc12)OCC(=O)N1CCc2ccccc2C1. The van der Waals surface area contributed by atoms with Crippen LogP contribution in [0.25, 0.3) is 10.8 Å². The zero-order valence-electron chi connectivity index (χ0n) is 15.2. The van der Waals surface area contributed by atoms with Crippen LogP contribution in [0, 0.1) is 0 Å². The van der Waals surface area contributed by atoms with E-state index in [1.54, 1.807) is 29.2 Å². The second-order valence-corrected chi connectivity index (χ2v) is 6.72. The standard InChI is InChI=1S/C21H19N3O4/c25-19(24-10-9-14-5-1-2-6-15(14)12-24)13-28-20(26)11-18-16-7-3-4-8-17(16)21(27)23-22-18/h1-8H,9-13H2,(H,23,27). The lowest BCUT2D eigenvalue weighted by molar-refractivity contribution is -0.151. The van der Waals surface area contributed by atoms with Crippen molar-refractivity contribution in [2.24, 2.45) is 0 Å². The first-order chi connectivity index (χ1) is 13.6. The van der Waals surface area contributed by atoms with Crippen LogP contribution >= 0.6 is 0 Å². The van der Waals surface area contributed by atoms with Crippen molar-refractivity contribution in [3.05, 3.63) is 75.7 Å². The fraction of sp³-hybridized carbons (Fsp3) is 0.238. The molecular formula is C21H19N3O4. The maximum atomic E-state index is 12.4. The van der Waals surface area contributed by atoms with E-state index in [2.05, 4.69) is 16.3 Å². The summed E-state index contributed by atoms with van der Waals surface area (Å²) < 4.78 is 5.17. The Balaban J connectivity index is 1.37. The van der Waals surface area contributed by atoms with Gasteiger partial charge in [-0.1, -0.05) is 42.5 Å². The number of ether oxygens (including phenoxy) is 1. The third kappa shape index (κ3) is 3.64. The summed E-state index contributed by atoms with van der Waals surface area (Å²) in [6.45, 7) is 0.834. The van der Waals surface area contributed by atoms with Gasteiger partial charge in [-0.3, -0.25) is 14.4 Å². The number of hydrogen-bond acceptors (Lipinski definition) is 5. The van der Waals surface area contributed by atoms with Crippen molar-refractivity contribution in [3.8, 4) is 0 Å². The summed E-state index contributed by atoms with van der Waals surface area (Å²) in [6.07, 6.45) is 0.677. The molecule has 0 atom stereocenters. The van der Waals surface area contributed by atoms with Gasteiger partial charge in [0.05, 0.1) is 17.5 Å². The minimum absolute atomic E-state index is 0.118. The second-order valence-electron chi connectivity index (χ2n) is 6.72. The summed E-state index contributed by atoms with van der Waals surface area (Å²) >= 11 is 0. The largest absolute Gasteiger partial charge is 0.455 e. The fourth-order valence-corrected chi connectivity index (χ4v) is 3.44. The van der Waals surface area contributed by atoms with Crippen molar-refractivity contribution in [1.82, 2.24) is 15.1 Å². The predicted octanol–water partition coefficient (Wildman–Crippen LogP) is 1.59.